The first-order valence-electron chi connectivity index (χ1n) is 5.70. The van der Waals surface area contributed by atoms with Crippen LogP contribution in [0, 0.1) is 5.92 Å². The zero-order valence-electron chi connectivity index (χ0n) is 9.03. The van der Waals surface area contributed by atoms with Gasteiger partial charge in [-0.1, -0.05) is 52.9 Å². The van der Waals surface area contributed by atoms with E-state index in [-0.39, 0.29) is 0 Å². The average molecular weight is 315 g/mol. The molecule has 1 nitrogen and oxygen atoms in total. The van der Waals surface area contributed by atoms with Crippen LogP contribution in [0.4, 0.5) is 0 Å². The summed E-state index contributed by atoms with van der Waals surface area (Å²) in [5.74, 6) is 0.950. The van der Waals surface area contributed by atoms with Gasteiger partial charge in [0.05, 0.1) is 0 Å². The first kappa shape index (κ1) is 11.4. The summed E-state index contributed by atoms with van der Waals surface area (Å²) >= 11 is 2.49. The standard InChI is InChI=1S/C13H18IN/c14-8-6-13-7-9-15(11-13)10-12-4-2-1-3-5-12/h1-5,13H,6-11H2/t13-/m0/s1. The van der Waals surface area contributed by atoms with Gasteiger partial charge in [0.2, 0.25) is 0 Å². The molecular weight excluding hydrogens is 297 g/mol. The molecule has 1 heterocycles. The van der Waals surface area contributed by atoms with Crippen LogP contribution in [0.25, 0.3) is 0 Å². The summed E-state index contributed by atoms with van der Waals surface area (Å²) in [6, 6.07) is 10.8. The Bertz CT molecular complexity index is 286. The maximum atomic E-state index is 2.59. The summed E-state index contributed by atoms with van der Waals surface area (Å²) in [5, 5.41) is 0. The molecule has 1 aliphatic rings. The lowest BCUT2D eigenvalue weighted by molar-refractivity contribution is 0.316. The molecule has 0 bridgehead atoms. The normalized spacial score (nSPS) is 22.1. The van der Waals surface area contributed by atoms with Gasteiger partial charge < -0.3 is 0 Å². The largest absolute Gasteiger partial charge is 0.299 e. The average Bonchev–Trinajstić information content (AvgIpc) is 2.68. The molecule has 0 amide bonds. The Hall–Kier alpha value is -0.0900. The molecule has 0 saturated carbocycles. The zero-order valence-corrected chi connectivity index (χ0v) is 11.2. The van der Waals surface area contributed by atoms with E-state index in [0.717, 1.165) is 12.5 Å². The Morgan fingerprint density at radius 3 is 2.80 bits per heavy atom. The summed E-state index contributed by atoms with van der Waals surface area (Å²) in [6.45, 7) is 3.73. The van der Waals surface area contributed by atoms with E-state index in [1.54, 1.807) is 0 Å². The van der Waals surface area contributed by atoms with Crippen molar-refractivity contribution in [3.05, 3.63) is 35.9 Å². The first-order chi connectivity index (χ1) is 7.38. The van der Waals surface area contributed by atoms with Gasteiger partial charge in [-0.3, -0.25) is 4.90 Å². The van der Waals surface area contributed by atoms with Gasteiger partial charge in [-0.25, -0.2) is 0 Å². The van der Waals surface area contributed by atoms with Crippen molar-refractivity contribution in [1.82, 2.24) is 4.90 Å². The van der Waals surface area contributed by atoms with Gasteiger partial charge in [0.1, 0.15) is 0 Å². The Morgan fingerprint density at radius 1 is 1.27 bits per heavy atom. The van der Waals surface area contributed by atoms with Crippen molar-refractivity contribution in [2.24, 2.45) is 5.92 Å². The van der Waals surface area contributed by atoms with Crippen LogP contribution in [0.3, 0.4) is 0 Å². The van der Waals surface area contributed by atoms with Crippen molar-refractivity contribution in [2.75, 3.05) is 17.5 Å². The van der Waals surface area contributed by atoms with Crippen molar-refractivity contribution in [1.29, 1.82) is 0 Å². The summed E-state index contributed by atoms with van der Waals surface area (Å²) in [5.41, 5.74) is 1.45. The lowest BCUT2D eigenvalue weighted by Crippen LogP contribution is -2.20. The number of alkyl halides is 1. The third-order valence-electron chi connectivity index (χ3n) is 3.14. The Labute approximate surface area is 106 Å². The van der Waals surface area contributed by atoms with E-state index in [1.807, 2.05) is 0 Å². The fourth-order valence-corrected chi connectivity index (χ4v) is 3.17. The Kier molecular flexibility index (Phi) is 4.44. The van der Waals surface area contributed by atoms with Crippen LogP contribution in [0.2, 0.25) is 0 Å². The molecule has 0 aromatic heterocycles. The van der Waals surface area contributed by atoms with Crippen LogP contribution in [0.5, 0.6) is 0 Å². The molecular formula is C13H18IN. The summed E-state index contributed by atoms with van der Waals surface area (Å²) in [4.78, 5) is 2.59. The minimum Gasteiger partial charge on any atom is -0.299 e. The highest BCUT2D eigenvalue weighted by Crippen LogP contribution is 2.21. The van der Waals surface area contributed by atoms with Crippen molar-refractivity contribution < 1.29 is 0 Å². The van der Waals surface area contributed by atoms with Crippen molar-refractivity contribution in [3.63, 3.8) is 0 Å². The molecule has 1 aromatic carbocycles. The number of hydrogen-bond acceptors (Lipinski definition) is 1. The quantitative estimate of drug-likeness (QED) is 0.608. The van der Waals surface area contributed by atoms with E-state index >= 15 is 0 Å². The van der Waals surface area contributed by atoms with Crippen molar-refractivity contribution in [3.8, 4) is 0 Å². The van der Waals surface area contributed by atoms with E-state index < -0.39 is 0 Å². The van der Waals surface area contributed by atoms with Gasteiger partial charge in [0.25, 0.3) is 0 Å². The predicted molar refractivity (Wildman–Crippen MR) is 73.3 cm³/mol. The molecule has 0 aliphatic carbocycles. The van der Waals surface area contributed by atoms with E-state index in [1.165, 1.54) is 35.9 Å². The number of benzene rings is 1. The second-order valence-corrected chi connectivity index (χ2v) is 5.43. The van der Waals surface area contributed by atoms with Gasteiger partial charge in [-0.15, -0.1) is 0 Å². The van der Waals surface area contributed by atoms with Gasteiger partial charge in [0.15, 0.2) is 0 Å². The van der Waals surface area contributed by atoms with Crippen LogP contribution < -0.4 is 0 Å². The van der Waals surface area contributed by atoms with E-state index in [4.69, 9.17) is 0 Å². The molecule has 2 rings (SSSR count). The molecule has 0 spiro atoms. The summed E-state index contributed by atoms with van der Waals surface area (Å²) in [7, 11) is 0. The molecule has 1 atom stereocenters. The molecule has 0 unspecified atom stereocenters. The molecule has 1 saturated heterocycles. The minimum absolute atomic E-state index is 0.950. The van der Waals surface area contributed by atoms with E-state index in [2.05, 4.69) is 57.8 Å². The fraction of sp³-hybridized carbons (Fsp3) is 0.538. The highest BCUT2D eigenvalue weighted by Gasteiger charge is 2.21. The number of halogens is 1. The molecule has 82 valence electrons. The number of rotatable bonds is 4. The third-order valence-corrected chi connectivity index (χ3v) is 3.76. The second-order valence-electron chi connectivity index (χ2n) is 4.35. The summed E-state index contributed by atoms with van der Waals surface area (Å²) < 4.78 is 1.31. The van der Waals surface area contributed by atoms with Crippen molar-refractivity contribution >= 4 is 22.6 Å². The predicted octanol–water partition coefficient (Wildman–Crippen LogP) is 3.33. The highest BCUT2D eigenvalue weighted by molar-refractivity contribution is 14.1. The molecule has 2 heteroatoms. The highest BCUT2D eigenvalue weighted by atomic mass is 127. The monoisotopic (exact) mass is 315 g/mol. The number of likely N-dealkylation sites (tertiary alicyclic amines) is 1. The third kappa shape index (κ3) is 3.45. The minimum atomic E-state index is 0.950. The topological polar surface area (TPSA) is 3.24 Å². The molecule has 0 radical (unpaired) electrons. The van der Waals surface area contributed by atoms with Gasteiger partial charge in [0, 0.05) is 13.1 Å². The number of nitrogens with zero attached hydrogens (tertiary/aromatic N) is 1. The molecule has 15 heavy (non-hydrogen) atoms. The Balaban J connectivity index is 1.82. The molecule has 1 aliphatic heterocycles. The SMILES string of the molecule is ICC[C@H]1CCN(Cc2ccccc2)C1. The maximum absolute atomic E-state index is 2.59. The fourth-order valence-electron chi connectivity index (χ4n) is 2.29. The van der Waals surface area contributed by atoms with Crippen LogP contribution in [0.15, 0.2) is 30.3 Å². The van der Waals surface area contributed by atoms with Gasteiger partial charge >= 0.3 is 0 Å². The number of hydrogen-bond donors (Lipinski definition) is 0. The van der Waals surface area contributed by atoms with Crippen LogP contribution in [0.1, 0.15) is 18.4 Å². The molecule has 1 aromatic rings. The first-order valence-corrected chi connectivity index (χ1v) is 7.23. The van der Waals surface area contributed by atoms with Crippen molar-refractivity contribution in [2.45, 2.75) is 19.4 Å². The molecule has 1 fully saturated rings. The lowest BCUT2D eigenvalue weighted by atomic mass is 10.1. The maximum Gasteiger partial charge on any atom is 0.0233 e. The summed E-state index contributed by atoms with van der Waals surface area (Å²) in [6.07, 6.45) is 2.79. The van der Waals surface area contributed by atoms with Gasteiger partial charge in [-0.2, -0.15) is 0 Å². The van der Waals surface area contributed by atoms with E-state index in [0.29, 0.717) is 0 Å². The molecule has 0 N–H and O–H groups in total. The van der Waals surface area contributed by atoms with Crippen LogP contribution >= 0.6 is 22.6 Å². The van der Waals surface area contributed by atoms with Gasteiger partial charge in [-0.05, 0) is 35.3 Å². The van der Waals surface area contributed by atoms with Crippen LogP contribution in [-0.4, -0.2) is 22.4 Å². The Morgan fingerprint density at radius 2 is 2.07 bits per heavy atom. The van der Waals surface area contributed by atoms with Crippen LogP contribution in [-0.2, 0) is 6.54 Å². The lowest BCUT2D eigenvalue weighted by Gasteiger charge is -2.15. The second kappa shape index (κ2) is 5.85. The zero-order chi connectivity index (χ0) is 10.5. The van der Waals surface area contributed by atoms with E-state index in [9.17, 15) is 0 Å². The smallest absolute Gasteiger partial charge is 0.0233 e.